The van der Waals surface area contributed by atoms with E-state index in [9.17, 15) is 9.59 Å². The summed E-state index contributed by atoms with van der Waals surface area (Å²) in [7, 11) is 0. The average molecular weight is 353 g/mol. The maximum atomic E-state index is 12.2. The minimum absolute atomic E-state index is 0.329. The molecule has 1 N–H and O–H groups in total. The van der Waals surface area contributed by atoms with Gasteiger partial charge in [-0.1, -0.05) is 31.2 Å². The molecule has 136 valence electrons. The molecule has 0 heterocycles. The number of carbonyl (C=O) groups excluding carboxylic acids is 2. The fraction of sp³-hybridized carbons (Fsp3) is 0.333. The van der Waals surface area contributed by atoms with Gasteiger partial charge >= 0.3 is 5.97 Å². The van der Waals surface area contributed by atoms with Gasteiger partial charge in [0.05, 0.1) is 0 Å². The Morgan fingerprint density at radius 2 is 1.85 bits per heavy atom. The normalized spacial score (nSPS) is 13.6. The summed E-state index contributed by atoms with van der Waals surface area (Å²) in [6.07, 6.45) is 3.03. The van der Waals surface area contributed by atoms with Gasteiger partial charge in [-0.05, 0) is 61.1 Å². The van der Waals surface area contributed by atoms with Crippen LogP contribution in [-0.4, -0.2) is 24.6 Å². The Kier molecular flexibility index (Phi) is 5.89. The largest absolute Gasteiger partial charge is 0.479 e. The van der Waals surface area contributed by atoms with Crippen LogP contribution in [0.2, 0.25) is 0 Å². The van der Waals surface area contributed by atoms with Crippen molar-refractivity contribution in [2.24, 2.45) is 0 Å². The molecule has 3 rings (SSSR count). The smallest absolute Gasteiger partial charge is 0.347 e. The lowest BCUT2D eigenvalue weighted by molar-refractivity contribution is -0.154. The molecule has 1 aliphatic rings. The molecule has 0 bridgehead atoms. The first kappa shape index (κ1) is 18.0. The van der Waals surface area contributed by atoms with Crippen LogP contribution in [0.3, 0.4) is 0 Å². The third-order valence-electron chi connectivity index (χ3n) is 4.38. The van der Waals surface area contributed by atoms with E-state index in [0.717, 1.165) is 24.9 Å². The highest BCUT2D eigenvalue weighted by atomic mass is 16.6. The van der Waals surface area contributed by atoms with Gasteiger partial charge in [0.25, 0.3) is 5.91 Å². The molecular weight excluding hydrogens is 330 g/mol. The Morgan fingerprint density at radius 3 is 2.62 bits per heavy atom. The molecular formula is C21H23NO4. The van der Waals surface area contributed by atoms with E-state index >= 15 is 0 Å². The molecule has 0 saturated heterocycles. The second kappa shape index (κ2) is 8.52. The van der Waals surface area contributed by atoms with Crippen molar-refractivity contribution in [3.05, 3.63) is 59.7 Å². The van der Waals surface area contributed by atoms with E-state index in [2.05, 4.69) is 5.32 Å². The van der Waals surface area contributed by atoms with Gasteiger partial charge in [-0.3, -0.25) is 4.79 Å². The van der Waals surface area contributed by atoms with Crippen LogP contribution in [0.1, 0.15) is 30.9 Å². The van der Waals surface area contributed by atoms with E-state index in [1.807, 2.05) is 43.3 Å². The monoisotopic (exact) mass is 353 g/mol. The van der Waals surface area contributed by atoms with E-state index in [4.69, 9.17) is 9.47 Å². The highest BCUT2D eigenvalue weighted by molar-refractivity contribution is 5.93. The van der Waals surface area contributed by atoms with E-state index < -0.39 is 12.1 Å². The Morgan fingerprint density at radius 1 is 1.08 bits per heavy atom. The van der Waals surface area contributed by atoms with Crippen LogP contribution in [0.4, 0.5) is 5.69 Å². The minimum atomic E-state index is -0.731. The number of nitrogens with one attached hydrogen (secondary N) is 1. The van der Waals surface area contributed by atoms with E-state index in [1.165, 1.54) is 11.1 Å². The van der Waals surface area contributed by atoms with Crippen LogP contribution >= 0.6 is 0 Å². The molecule has 0 aromatic heterocycles. The van der Waals surface area contributed by atoms with Gasteiger partial charge in [0, 0.05) is 5.69 Å². The fourth-order valence-electron chi connectivity index (χ4n) is 3.04. The zero-order valence-corrected chi connectivity index (χ0v) is 14.9. The number of anilines is 1. The van der Waals surface area contributed by atoms with Crippen LogP contribution in [-0.2, 0) is 27.2 Å². The summed E-state index contributed by atoms with van der Waals surface area (Å²) < 4.78 is 10.7. The van der Waals surface area contributed by atoms with Crippen molar-refractivity contribution in [3.8, 4) is 5.75 Å². The maximum Gasteiger partial charge on any atom is 0.347 e. The average Bonchev–Trinajstić information content (AvgIpc) is 3.13. The number of aryl methyl sites for hydroxylation is 2. The van der Waals surface area contributed by atoms with Gasteiger partial charge in [0.1, 0.15) is 5.75 Å². The number of benzene rings is 2. The Bertz CT molecular complexity index is 773. The van der Waals surface area contributed by atoms with E-state index in [0.29, 0.717) is 12.2 Å². The Balaban J connectivity index is 1.49. The molecule has 26 heavy (non-hydrogen) atoms. The SMILES string of the molecule is CC[C@H](Oc1ccccc1)C(=O)OCC(=O)Nc1ccc2c(c1)CCC2. The molecule has 0 radical (unpaired) electrons. The number of hydrogen-bond donors (Lipinski definition) is 1. The zero-order valence-electron chi connectivity index (χ0n) is 14.9. The van der Waals surface area contributed by atoms with Gasteiger partial charge in [0.15, 0.2) is 12.7 Å². The number of para-hydroxylation sites is 1. The maximum absolute atomic E-state index is 12.2. The predicted molar refractivity (Wildman–Crippen MR) is 99.2 cm³/mol. The van der Waals surface area contributed by atoms with Crippen LogP contribution in [0.15, 0.2) is 48.5 Å². The quantitative estimate of drug-likeness (QED) is 0.774. The lowest BCUT2D eigenvalue weighted by Crippen LogP contribution is -2.31. The molecule has 1 aliphatic carbocycles. The number of fused-ring (bicyclic) bond motifs is 1. The highest BCUT2D eigenvalue weighted by Crippen LogP contribution is 2.24. The van der Waals surface area contributed by atoms with E-state index in [-0.39, 0.29) is 12.5 Å². The number of hydrogen-bond acceptors (Lipinski definition) is 4. The second-order valence-corrected chi connectivity index (χ2v) is 6.32. The van der Waals surface area contributed by atoms with Crippen molar-refractivity contribution in [1.82, 2.24) is 0 Å². The van der Waals surface area contributed by atoms with Crippen molar-refractivity contribution < 1.29 is 19.1 Å². The summed E-state index contributed by atoms with van der Waals surface area (Å²) in [5.74, 6) is -0.301. The fourth-order valence-corrected chi connectivity index (χ4v) is 3.04. The van der Waals surface area contributed by atoms with Crippen LogP contribution < -0.4 is 10.1 Å². The highest BCUT2D eigenvalue weighted by Gasteiger charge is 2.21. The predicted octanol–water partition coefficient (Wildman–Crippen LogP) is 3.51. The summed E-state index contributed by atoms with van der Waals surface area (Å²) in [6.45, 7) is 1.50. The molecule has 0 saturated carbocycles. The summed E-state index contributed by atoms with van der Waals surface area (Å²) in [4.78, 5) is 24.2. The van der Waals surface area contributed by atoms with Gasteiger partial charge in [0.2, 0.25) is 0 Å². The summed E-state index contributed by atoms with van der Waals surface area (Å²) in [5.41, 5.74) is 3.36. The lowest BCUT2D eigenvalue weighted by Gasteiger charge is -2.16. The summed E-state index contributed by atoms with van der Waals surface area (Å²) >= 11 is 0. The van der Waals surface area contributed by atoms with Gasteiger partial charge in [-0.2, -0.15) is 0 Å². The number of amides is 1. The molecule has 0 spiro atoms. The first-order valence-corrected chi connectivity index (χ1v) is 8.95. The van der Waals surface area contributed by atoms with Crippen LogP contribution in [0.25, 0.3) is 0 Å². The first-order valence-electron chi connectivity index (χ1n) is 8.95. The van der Waals surface area contributed by atoms with Crippen LogP contribution in [0, 0.1) is 0 Å². The standard InChI is InChI=1S/C21H23NO4/c1-2-19(26-18-9-4-3-5-10-18)21(24)25-14-20(23)22-17-12-11-15-7-6-8-16(15)13-17/h3-5,9-13,19H,2,6-8,14H2,1H3,(H,22,23)/t19-/m0/s1. The minimum Gasteiger partial charge on any atom is -0.479 e. The molecule has 2 aromatic rings. The number of ether oxygens (including phenoxy) is 2. The molecule has 5 nitrogen and oxygen atoms in total. The van der Waals surface area contributed by atoms with Crippen molar-refractivity contribution in [1.29, 1.82) is 0 Å². The molecule has 5 heteroatoms. The Labute approximate surface area is 153 Å². The second-order valence-electron chi connectivity index (χ2n) is 6.32. The van der Waals surface area contributed by atoms with Crippen LogP contribution in [0.5, 0.6) is 5.75 Å². The molecule has 1 atom stereocenters. The first-order chi connectivity index (χ1) is 12.7. The molecule has 1 amide bonds. The van der Waals surface area contributed by atoms with Crippen molar-refractivity contribution in [2.45, 2.75) is 38.7 Å². The third-order valence-corrected chi connectivity index (χ3v) is 4.38. The summed E-state index contributed by atoms with van der Waals surface area (Å²) in [5, 5.41) is 2.78. The number of esters is 1. The number of rotatable bonds is 7. The van der Waals surface area contributed by atoms with Crippen molar-refractivity contribution in [3.63, 3.8) is 0 Å². The lowest BCUT2D eigenvalue weighted by atomic mass is 10.1. The third kappa shape index (κ3) is 4.63. The molecule has 2 aromatic carbocycles. The molecule has 0 aliphatic heterocycles. The molecule has 0 unspecified atom stereocenters. The summed E-state index contributed by atoms with van der Waals surface area (Å²) in [6, 6.07) is 15.0. The van der Waals surface area contributed by atoms with E-state index in [1.54, 1.807) is 12.1 Å². The number of carbonyl (C=O) groups is 2. The van der Waals surface area contributed by atoms with Crippen molar-refractivity contribution in [2.75, 3.05) is 11.9 Å². The van der Waals surface area contributed by atoms with Gasteiger partial charge in [-0.15, -0.1) is 0 Å². The Hall–Kier alpha value is -2.82. The molecule has 0 fully saturated rings. The van der Waals surface area contributed by atoms with Gasteiger partial charge in [-0.25, -0.2) is 4.79 Å². The van der Waals surface area contributed by atoms with Crippen molar-refractivity contribution >= 4 is 17.6 Å². The topological polar surface area (TPSA) is 64.6 Å². The zero-order chi connectivity index (χ0) is 18.4. The van der Waals surface area contributed by atoms with Gasteiger partial charge < -0.3 is 14.8 Å².